The van der Waals surface area contributed by atoms with Crippen molar-refractivity contribution in [1.82, 2.24) is 5.32 Å². The molecule has 0 aromatic rings. The normalized spacial score (nSPS) is 15.2. The Labute approximate surface area is 271 Å². The van der Waals surface area contributed by atoms with Crippen molar-refractivity contribution in [3.8, 4) is 0 Å². The molecular formula is C35H70N2O6P+. The molecule has 0 aliphatic heterocycles. The largest absolute Gasteiger partial charge is 0.472 e. The van der Waals surface area contributed by atoms with Gasteiger partial charge in [0.25, 0.3) is 0 Å². The molecule has 0 aromatic heterocycles. The van der Waals surface area contributed by atoms with Gasteiger partial charge in [-0.15, -0.1) is 0 Å². The van der Waals surface area contributed by atoms with Crippen LogP contribution in [0, 0.1) is 0 Å². The van der Waals surface area contributed by atoms with Crippen molar-refractivity contribution in [1.29, 1.82) is 0 Å². The van der Waals surface area contributed by atoms with Crippen LogP contribution in [0.1, 0.15) is 142 Å². The van der Waals surface area contributed by atoms with Crippen molar-refractivity contribution in [3.63, 3.8) is 0 Å². The van der Waals surface area contributed by atoms with Gasteiger partial charge < -0.3 is 19.8 Å². The Morgan fingerprint density at radius 1 is 0.750 bits per heavy atom. The summed E-state index contributed by atoms with van der Waals surface area (Å²) in [4.78, 5) is 22.9. The summed E-state index contributed by atoms with van der Waals surface area (Å²) in [6, 6.07) is -0.844. The minimum Gasteiger partial charge on any atom is -0.387 e. The number of nitrogens with zero attached hydrogens (tertiary/aromatic N) is 1. The van der Waals surface area contributed by atoms with Gasteiger partial charge in [-0.3, -0.25) is 13.8 Å². The van der Waals surface area contributed by atoms with Crippen LogP contribution in [0.25, 0.3) is 0 Å². The van der Waals surface area contributed by atoms with Crippen molar-refractivity contribution < 1.29 is 32.9 Å². The van der Waals surface area contributed by atoms with Crippen molar-refractivity contribution >= 4 is 13.7 Å². The van der Waals surface area contributed by atoms with Crippen molar-refractivity contribution in [3.05, 3.63) is 24.3 Å². The Hall–Kier alpha value is -1.02. The van der Waals surface area contributed by atoms with Crippen molar-refractivity contribution in [2.24, 2.45) is 0 Å². The van der Waals surface area contributed by atoms with Gasteiger partial charge in [-0.25, -0.2) is 4.57 Å². The van der Waals surface area contributed by atoms with Gasteiger partial charge in [-0.1, -0.05) is 122 Å². The maximum Gasteiger partial charge on any atom is 0.472 e. The summed E-state index contributed by atoms with van der Waals surface area (Å²) in [5.74, 6) is -0.192. The zero-order chi connectivity index (χ0) is 32.9. The van der Waals surface area contributed by atoms with Crippen LogP contribution in [-0.4, -0.2) is 73.4 Å². The standard InChI is InChI=1S/C35H69N2O6P/c1-6-8-10-12-14-16-18-20-22-24-26-28-34(38)33(32-43-44(40,41)42-31-30-37(3,4)5)36-35(39)29-27-25-23-21-19-17-15-13-11-9-7-2/h13,15,26,28,33-34,38H,6-12,14,16-25,27,29-32H2,1-5H3,(H-,36,39,40,41)/p+1/b15-13-,28-26+. The first-order valence-corrected chi connectivity index (χ1v) is 19.2. The van der Waals surface area contributed by atoms with Crippen LogP contribution in [0.4, 0.5) is 0 Å². The Kier molecular flexibility index (Phi) is 27.6. The molecule has 8 nitrogen and oxygen atoms in total. The summed E-state index contributed by atoms with van der Waals surface area (Å²) >= 11 is 0. The molecule has 0 aliphatic rings. The molecule has 260 valence electrons. The van der Waals surface area contributed by atoms with Gasteiger partial charge in [-0.2, -0.15) is 0 Å². The third kappa shape index (κ3) is 29.7. The van der Waals surface area contributed by atoms with E-state index in [1.54, 1.807) is 6.08 Å². The number of allylic oxidation sites excluding steroid dienone is 3. The molecule has 0 spiro atoms. The summed E-state index contributed by atoms with van der Waals surface area (Å²) in [7, 11) is 1.56. The number of rotatable bonds is 31. The van der Waals surface area contributed by atoms with E-state index in [9.17, 15) is 19.4 Å². The number of hydrogen-bond donors (Lipinski definition) is 3. The highest BCUT2D eigenvalue weighted by Crippen LogP contribution is 2.43. The molecule has 0 heterocycles. The highest BCUT2D eigenvalue weighted by atomic mass is 31.2. The van der Waals surface area contributed by atoms with Crippen LogP contribution < -0.4 is 5.32 Å². The SMILES string of the molecule is CCCC/C=C\CCCCCCCC(=O)NC(COP(=O)(O)OCC[N+](C)(C)C)C(O)/C=C/CCCCCCCCCCC. The first-order chi connectivity index (χ1) is 21.0. The molecule has 0 aromatic carbocycles. The van der Waals surface area contributed by atoms with Crippen LogP contribution in [0.2, 0.25) is 0 Å². The number of amides is 1. The average molecular weight is 646 g/mol. The Morgan fingerprint density at radius 3 is 1.82 bits per heavy atom. The van der Waals surface area contributed by atoms with E-state index in [-0.39, 0.29) is 19.1 Å². The minimum absolute atomic E-state index is 0.0602. The topological polar surface area (TPSA) is 105 Å². The first kappa shape index (κ1) is 43.0. The van der Waals surface area contributed by atoms with Gasteiger partial charge in [0.15, 0.2) is 0 Å². The van der Waals surface area contributed by atoms with Gasteiger partial charge in [-0.05, 0) is 38.5 Å². The molecule has 3 N–H and O–H groups in total. The maximum atomic E-state index is 12.7. The van der Waals surface area contributed by atoms with Gasteiger partial charge in [0.05, 0.1) is 39.9 Å². The number of phosphoric ester groups is 1. The smallest absolute Gasteiger partial charge is 0.387 e. The number of nitrogens with one attached hydrogen (secondary N) is 1. The maximum absolute atomic E-state index is 12.7. The molecule has 9 heteroatoms. The number of hydrogen-bond acceptors (Lipinski definition) is 5. The summed E-state index contributed by atoms with van der Waals surface area (Å²) < 4.78 is 23.4. The molecule has 0 saturated heterocycles. The summed E-state index contributed by atoms with van der Waals surface area (Å²) in [5, 5.41) is 13.7. The van der Waals surface area contributed by atoms with Gasteiger partial charge >= 0.3 is 7.82 Å². The molecule has 3 atom stereocenters. The van der Waals surface area contributed by atoms with E-state index in [4.69, 9.17) is 9.05 Å². The molecule has 0 fully saturated rings. The molecule has 0 bridgehead atoms. The van der Waals surface area contributed by atoms with E-state index >= 15 is 0 Å². The van der Waals surface area contributed by atoms with Crippen molar-refractivity contribution in [2.75, 3.05) is 40.9 Å². The molecular weight excluding hydrogens is 575 g/mol. The Morgan fingerprint density at radius 2 is 1.25 bits per heavy atom. The number of carbonyl (C=O) groups is 1. The lowest BCUT2D eigenvalue weighted by atomic mass is 10.1. The molecule has 0 aliphatic carbocycles. The number of aliphatic hydroxyl groups excluding tert-OH is 1. The van der Waals surface area contributed by atoms with Crippen LogP contribution in [0.15, 0.2) is 24.3 Å². The van der Waals surface area contributed by atoms with E-state index < -0.39 is 20.0 Å². The number of carbonyl (C=O) groups excluding carboxylic acids is 1. The molecule has 3 unspecified atom stereocenters. The third-order valence-electron chi connectivity index (χ3n) is 7.67. The predicted octanol–water partition coefficient (Wildman–Crippen LogP) is 8.63. The molecule has 0 saturated carbocycles. The fraction of sp³-hybridized carbons (Fsp3) is 0.857. The highest BCUT2D eigenvalue weighted by molar-refractivity contribution is 7.47. The zero-order valence-electron chi connectivity index (χ0n) is 29.1. The number of quaternary nitrogens is 1. The summed E-state index contributed by atoms with van der Waals surface area (Å²) in [6.07, 6.45) is 29.5. The van der Waals surface area contributed by atoms with E-state index in [1.165, 1.54) is 70.6 Å². The van der Waals surface area contributed by atoms with E-state index in [0.717, 1.165) is 51.4 Å². The summed E-state index contributed by atoms with van der Waals surface area (Å²) in [5.41, 5.74) is 0. The lowest BCUT2D eigenvalue weighted by Gasteiger charge is -2.25. The molecule has 0 rings (SSSR count). The zero-order valence-corrected chi connectivity index (χ0v) is 30.0. The van der Waals surface area contributed by atoms with Crippen LogP contribution in [0.5, 0.6) is 0 Å². The van der Waals surface area contributed by atoms with E-state index in [0.29, 0.717) is 17.4 Å². The molecule has 44 heavy (non-hydrogen) atoms. The van der Waals surface area contributed by atoms with E-state index in [2.05, 4.69) is 31.3 Å². The Balaban J connectivity index is 4.62. The van der Waals surface area contributed by atoms with Gasteiger partial charge in [0, 0.05) is 6.42 Å². The van der Waals surface area contributed by atoms with E-state index in [1.807, 2.05) is 27.2 Å². The monoisotopic (exact) mass is 645 g/mol. The van der Waals surface area contributed by atoms with Gasteiger partial charge in [0.2, 0.25) is 5.91 Å². The van der Waals surface area contributed by atoms with Crippen LogP contribution >= 0.6 is 7.82 Å². The lowest BCUT2D eigenvalue weighted by Crippen LogP contribution is -2.45. The average Bonchev–Trinajstić information content (AvgIpc) is 2.95. The quantitative estimate of drug-likeness (QED) is 0.0302. The van der Waals surface area contributed by atoms with Gasteiger partial charge in [0.1, 0.15) is 13.2 Å². The fourth-order valence-electron chi connectivity index (χ4n) is 4.72. The second-order valence-corrected chi connectivity index (χ2v) is 14.7. The predicted molar refractivity (Wildman–Crippen MR) is 185 cm³/mol. The lowest BCUT2D eigenvalue weighted by molar-refractivity contribution is -0.870. The Bertz CT molecular complexity index is 784. The number of phosphoric acid groups is 1. The molecule has 0 radical (unpaired) electrons. The first-order valence-electron chi connectivity index (χ1n) is 17.7. The number of unbranched alkanes of at least 4 members (excludes halogenated alkanes) is 16. The third-order valence-corrected chi connectivity index (χ3v) is 8.65. The van der Waals surface area contributed by atoms with Crippen LogP contribution in [0.3, 0.4) is 0 Å². The molecule has 1 amide bonds. The number of likely N-dealkylation sites (N-methyl/N-ethyl adjacent to an activating group) is 1. The minimum atomic E-state index is -4.32. The summed E-state index contributed by atoms with van der Waals surface area (Å²) in [6.45, 7) is 4.72. The fourth-order valence-corrected chi connectivity index (χ4v) is 5.46. The second kappa shape index (κ2) is 28.2. The van der Waals surface area contributed by atoms with Crippen LogP contribution in [-0.2, 0) is 18.4 Å². The number of aliphatic hydroxyl groups is 1. The van der Waals surface area contributed by atoms with Crippen molar-refractivity contribution in [2.45, 2.75) is 154 Å². The highest BCUT2D eigenvalue weighted by Gasteiger charge is 2.27. The second-order valence-electron chi connectivity index (χ2n) is 13.2.